The van der Waals surface area contributed by atoms with E-state index in [1.807, 2.05) is 58.0 Å². The van der Waals surface area contributed by atoms with Crippen LogP contribution in [0.15, 0.2) is 30.3 Å². The van der Waals surface area contributed by atoms with Crippen molar-refractivity contribution in [3.8, 4) is 0 Å². The maximum Gasteiger partial charge on any atom is 0.312 e. The van der Waals surface area contributed by atoms with E-state index >= 15 is 0 Å². The van der Waals surface area contributed by atoms with Crippen LogP contribution >= 0.6 is 0 Å². The van der Waals surface area contributed by atoms with Crippen LogP contribution in [0.25, 0.3) is 0 Å². The van der Waals surface area contributed by atoms with Crippen molar-refractivity contribution in [1.29, 1.82) is 0 Å². The number of ether oxygens (including phenoxy) is 1. The van der Waals surface area contributed by atoms with Gasteiger partial charge in [0.15, 0.2) is 0 Å². The van der Waals surface area contributed by atoms with E-state index in [9.17, 15) is 9.59 Å². The number of carbonyl (C=O) groups excluding carboxylic acids is 2. The zero-order valence-electron chi connectivity index (χ0n) is 16.1. The molecule has 1 aromatic carbocycles. The molecular weight excluding hydrogens is 320 g/mol. The molecule has 0 saturated heterocycles. The van der Waals surface area contributed by atoms with Gasteiger partial charge < -0.3 is 9.84 Å². The highest BCUT2D eigenvalue weighted by Crippen LogP contribution is 2.38. The number of hydrogen-bond donors (Lipinski definition) is 1. The zero-order chi connectivity index (χ0) is 19.7. The van der Waals surface area contributed by atoms with Gasteiger partial charge in [-0.3, -0.25) is 14.4 Å². The van der Waals surface area contributed by atoms with Crippen molar-refractivity contribution in [2.75, 3.05) is 0 Å². The van der Waals surface area contributed by atoms with E-state index in [4.69, 9.17) is 14.6 Å². The fourth-order valence-electron chi connectivity index (χ4n) is 2.34. The minimum absolute atomic E-state index is 0.0954. The van der Waals surface area contributed by atoms with Gasteiger partial charge in [-0.15, -0.1) is 0 Å². The molecule has 0 spiro atoms. The number of ketones is 1. The number of carboxylic acid groups (broad SMARTS) is 1. The minimum Gasteiger partial charge on any atom is -0.481 e. The predicted molar refractivity (Wildman–Crippen MR) is 97.0 cm³/mol. The molecule has 0 bridgehead atoms. The molecule has 0 amide bonds. The Labute approximate surface area is 150 Å². The second-order valence-corrected chi connectivity index (χ2v) is 7.11. The molecule has 5 heteroatoms. The van der Waals surface area contributed by atoms with Crippen LogP contribution in [-0.4, -0.2) is 22.8 Å². The van der Waals surface area contributed by atoms with Gasteiger partial charge in [-0.1, -0.05) is 51.1 Å². The van der Waals surface area contributed by atoms with Crippen molar-refractivity contribution in [2.24, 2.45) is 10.8 Å². The van der Waals surface area contributed by atoms with Crippen molar-refractivity contribution in [1.82, 2.24) is 0 Å². The Bertz CT molecular complexity index is 573. The van der Waals surface area contributed by atoms with E-state index in [0.29, 0.717) is 12.8 Å². The first-order chi connectivity index (χ1) is 11.4. The van der Waals surface area contributed by atoms with Gasteiger partial charge in [0.05, 0.1) is 5.41 Å². The Morgan fingerprint density at radius 3 is 1.92 bits per heavy atom. The van der Waals surface area contributed by atoms with Crippen molar-refractivity contribution in [3.63, 3.8) is 0 Å². The van der Waals surface area contributed by atoms with E-state index in [2.05, 4.69) is 0 Å². The second-order valence-electron chi connectivity index (χ2n) is 7.11. The van der Waals surface area contributed by atoms with Gasteiger partial charge in [0, 0.05) is 12.3 Å². The minimum atomic E-state index is -0.833. The molecule has 1 N–H and O–H groups in total. The molecule has 0 aliphatic heterocycles. The fraction of sp³-hybridized carbons (Fsp3) is 0.550. The third-order valence-corrected chi connectivity index (χ3v) is 4.27. The van der Waals surface area contributed by atoms with E-state index < -0.39 is 16.8 Å². The monoisotopic (exact) mass is 350 g/mol. The fourth-order valence-corrected chi connectivity index (χ4v) is 2.34. The lowest BCUT2D eigenvalue weighted by Crippen LogP contribution is -2.37. The van der Waals surface area contributed by atoms with Crippen LogP contribution in [0, 0.1) is 10.8 Å². The average molecular weight is 350 g/mol. The first-order valence-corrected chi connectivity index (χ1v) is 8.36. The lowest BCUT2D eigenvalue weighted by molar-refractivity contribution is -0.159. The second kappa shape index (κ2) is 9.97. The van der Waals surface area contributed by atoms with Gasteiger partial charge >= 0.3 is 5.97 Å². The maximum absolute atomic E-state index is 12.4. The van der Waals surface area contributed by atoms with Crippen LogP contribution in [-0.2, 0) is 25.7 Å². The molecule has 140 valence electrons. The van der Waals surface area contributed by atoms with E-state index in [1.165, 1.54) is 0 Å². The third kappa shape index (κ3) is 8.47. The van der Waals surface area contributed by atoms with Crippen LogP contribution in [0.2, 0.25) is 0 Å². The first kappa shape index (κ1) is 22.8. The van der Waals surface area contributed by atoms with Crippen LogP contribution in [0.4, 0.5) is 0 Å². The van der Waals surface area contributed by atoms with Gasteiger partial charge in [0.1, 0.15) is 12.4 Å². The van der Waals surface area contributed by atoms with Crippen LogP contribution < -0.4 is 0 Å². The first-order valence-electron chi connectivity index (χ1n) is 8.36. The molecule has 5 nitrogen and oxygen atoms in total. The molecule has 0 radical (unpaired) electrons. The summed E-state index contributed by atoms with van der Waals surface area (Å²) in [6.07, 6.45) is 1.15. The number of hydrogen-bond acceptors (Lipinski definition) is 4. The topological polar surface area (TPSA) is 80.7 Å². The smallest absolute Gasteiger partial charge is 0.312 e. The van der Waals surface area contributed by atoms with Crippen LogP contribution in [0.5, 0.6) is 0 Å². The Morgan fingerprint density at radius 2 is 1.52 bits per heavy atom. The van der Waals surface area contributed by atoms with Crippen LogP contribution in [0.1, 0.15) is 59.9 Å². The number of benzene rings is 1. The van der Waals surface area contributed by atoms with Gasteiger partial charge in [0.25, 0.3) is 5.97 Å². The molecule has 1 aromatic rings. The van der Waals surface area contributed by atoms with Crippen molar-refractivity contribution in [2.45, 2.75) is 61.0 Å². The summed E-state index contributed by atoms with van der Waals surface area (Å²) in [4.78, 5) is 33.1. The normalized spacial score (nSPS) is 13.0. The maximum atomic E-state index is 12.4. The summed E-state index contributed by atoms with van der Waals surface area (Å²) in [5, 5.41) is 7.42. The number of aliphatic carboxylic acids is 1. The molecule has 1 rings (SSSR count). The summed E-state index contributed by atoms with van der Waals surface area (Å²) >= 11 is 0. The summed E-state index contributed by atoms with van der Waals surface area (Å²) in [6, 6.07) is 9.62. The van der Waals surface area contributed by atoms with Crippen LogP contribution in [0.3, 0.4) is 0 Å². The van der Waals surface area contributed by atoms with Gasteiger partial charge in [0.2, 0.25) is 0 Å². The highest BCUT2D eigenvalue weighted by Gasteiger charge is 2.40. The summed E-state index contributed by atoms with van der Waals surface area (Å²) in [6.45, 7) is 10.5. The van der Waals surface area contributed by atoms with E-state index in [1.54, 1.807) is 6.92 Å². The number of Topliss-reactive ketones (excluding diaryl/α,β-unsaturated/α-hetero) is 1. The molecule has 0 aromatic heterocycles. The van der Waals surface area contributed by atoms with E-state index in [-0.39, 0.29) is 18.4 Å². The number of carbonyl (C=O) groups is 3. The molecule has 0 heterocycles. The van der Waals surface area contributed by atoms with Crippen molar-refractivity contribution >= 4 is 17.7 Å². The Balaban J connectivity index is 0.00000129. The molecule has 0 aliphatic rings. The SMILES string of the molecule is CC(=O)O.CCC(C)(CC(C)(C)C(C)=O)C(=O)OCc1ccccc1. The number of esters is 1. The van der Waals surface area contributed by atoms with E-state index in [0.717, 1.165) is 12.5 Å². The highest BCUT2D eigenvalue weighted by atomic mass is 16.5. The Kier molecular flexibility index (Phi) is 9.10. The zero-order valence-corrected chi connectivity index (χ0v) is 16.1. The molecule has 1 unspecified atom stereocenters. The quantitative estimate of drug-likeness (QED) is 0.744. The lowest BCUT2D eigenvalue weighted by atomic mass is 9.71. The molecule has 0 aliphatic carbocycles. The summed E-state index contributed by atoms with van der Waals surface area (Å²) in [7, 11) is 0. The molecule has 25 heavy (non-hydrogen) atoms. The Morgan fingerprint density at radius 1 is 1.04 bits per heavy atom. The van der Waals surface area contributed by atoms with Gasteiger partial charge in [-0.05, 0) is 32.3 Å². The number of carboxylic acids is 1. The van der Waals surface area contributed by atoms with Crippen molar-refractivity contribution < 1.29 is 24.2 Å². The molecule has 0 saturated carbocycles. The molecule has 0 fully saturated rings. The summed E-state index contributed by atoms with van der Waals surface area (Å²) in [5.74, 6) is -0.971. The molecule has 1 atom stereocenters. The predicted octanol–water partition coefficient (Wildman–Crippen LogP) is 4.24. The molecular formula is C20H30O5. The lowest BCUT2D eigenvalue weighted by Gasteiger charge is -2.33. The average Bonchev–Trinajstić information content (AvgIpc) is 2.52. The largest absolute Gasteiger partial charge is 0.481 e. The number of rotatable bonds is 7. The Hall–Kier alpha value is -2.17. The van der Waals surface area contributed by atoms with Gasteiger partial charge in [-0.2, -0.15) is 0 Å². The standard InChI is InChI=1S/C18H26O3.C2H4O2/c1-6-18(5,13-17(3,4)14(2)19)16(20)21-12-15-10-8-7-9-11-15;1-2(3)4/h7-11H,6,12-13H2,1-5H3;1H3,(H,3,4). The summed E-state index contributed by atoms with van der Waals surface area (Å²) < 4.78 is 5.46. The third-order valence-electron chi connectivity index (χ3n) is 4.27. The highest BCUT2D eigenvalue weighted by molar-refractivity contribution is 5.83. The summed E-state index contributed by atoms with van der Waals surface area (Å²) in [5.41, 5.74) is -0.185. The van der Waals surface area contributed by atoms with Gasteiger partial charge in [-0.25, -0.2) is 0 Å². The van der Waals surface area contributed by atoms with Crippen molar-refractivity contribution in [3.05, 3.63) is 35.9 Å².